The van der Waals surface area contributed by atoms with Crippen LogP contribution in [0.25, 0.3) is 0 Å². The van der Waals surface area contributed by atoms with E-state index in [-0.39, 0.29) is 18.6 Å². The third-order valence-corrected chi connectivity index (χ3v) is 3.19. The molecule has 0 spiro atoms. The summed E-state index contributed by atoms with van der Waals surface area (Å²) >= 11 is 0. The van der Waals surface area contributed by atoms with Crippen molar-refractivity contribution < 1.29 is 9.53 Å². The first-order valence-corrected chi connectivity index (χ1v) is 6.82. The summed E-state index contributed by atoms with van der Waals surface area (Å²) in [5.41, 5.74) is 1.13. The molecule has 2 heterocycles. The van der Waals surface area contributed by atoms with E-state index < -0.39 is 0 Å². The predicted molar refractivity (Wildman–Crippen MR) is 72.8 cm³/mol. The fraction of sp³-hybridized carbons (Fsp3) is 0.571. The summed E-state index contributed by atoms with van der Waals surface area (Å²) in [6.45, 7) is 2.75. The van der Waals surface area contributed by atoms with E-state index >= 15 is 0 Å². The van der Waals surface area contributed by atoms with E-state index in [0.717, 1.165) is 37.9 Å². The molecule has 1 fully saturated rings. The summed E-state index contributed by atoms with van der Waals surface area (Å²) < 4.78 is 5.58. The summed E-state index contributed by atoms with van der Waals surface area (Å²) in [6.07, 6.45) is 6.57. The molecular formula is C14H21N3O2. The van der Waals surface area contributed by atoms with Crippen LogP contribution in [0.15, 0.2) is 24.5 Å². The van der Waals surface area contributed by atoms with E-state index in [9.17, 15) is 4.79 Å². The van der Waals surface area contributed by atoms with Gasteiger partial charge in [0.05, 0.1) is 6.10 Å². The lowest BCUT2D eigenvalue weighted by Gasteiger charge is -2.22. The number of nitrogens with zero attached hydrogens (tertiary/aromatic N) is 1. The number of nitrogens with one attached hydrogen (secondary N) is 2. The Labute approximate surface area is 113 Å². The molecule has 104 valence electrons. The van der Waals surface area contributed by atoms with Crippen LogP contribution in [0, 0.1) is 0 Å². The summed E-state index contributed by atoms with van der Waals surface area (Å²) in [6, 6.07) is 3.90. The molecule has 0 unspecified atom stereocenters. The minimum atomic E-state index is -0.0394. The molecule has 0 saturated carbocycles. The van der Waals surface area contributed by atoms with Crippen molar-refractivity contribution in [2.45, 2.75) is 25.4 Å². The third-order valence-electron chi connectivity index (χ3n) is 3.19. The molecule has 2 rings (SSSR count). The zero-order chi connectivity index (χ0) is 13.3. The van der Waals surface area contributed by atoms with Crippen LogP contribution >= 0.6 is 0 Å². The Morgan fingerprint density at radius 3 is 3.05 bits per heavy atom. The largest absolute Gasteiger partial charge is 0.368 e. The van der Waals surface area contributed by atoms with Gasteiger partial charge in [0.25, 0.3) is 0 Å². The van der Waals surface area contributed by atoms with Crippen molar-refractivity contribution in [1.82, 2.24) is 15.6 Å². The quantitative estimate of drug-likeness (QED) is 0.785. The number of piperidine rings is 1. The van der Waals surface area contributed by atoms with Gasteiger partial charge in [-0.1, -0.05) is 6.07 Å². The van der Waals surface area contributed by atoms with Gasteiger partial charge < -0.3 is 15.4 Å². The first-order chi connectivity index (χ1) is 9.34. The average molecular weight is 263 g/mol. The normalized spacial score (nSPS) is 16.2. The van der Waals surface area contributed by atoms with Crippen LogP contribution in [0.2, 0.25) is 0 Å². The summed E-state index contributed by atoms with van der Waals surface area (Å²) in [5, 5.41) is 6.13. The summed E-state index contributed by atoms with van der Waals surface area (Å²) in [4.78, 5) is 15.6. The molecule has 0 atom stereocenters. The third kappa shape index (κ3) is 5.36. The highest BCUT2D eigenvalue weighted by Gasteiger charge is 2.14. The van der Waals surface area contributed by atoms with Gasteiger partial charge in [-0.3, -0.25) is 9.78 Å². The van der Waals surface area contributed by atoms with Gasteiger partial charge in [-0.2, -0.15) is 0 Å². The Kier molecular flexibility index (Phi) is 5.78. The maximum atomic E-state index is 11.6. The van der Waals surface area contributed by atoms with Crippen LogP contribution in [0.3, 0.4) is 0 Å². The molecule has 0 aromatic carbocycles. The van der Waals surface area contributed by atoms with Crippen molar-refractivity contribution in [1.29, 1.82) is 0 Å². The van der Waals surface area contributed by atoms with Crippen molar-refractivity contribution in [3.63, 3.8) is 0 Å². The molecule has 1 aliphatic heterocycles. The maximum Gasteiger partial charge on any atom is 0.246 e. The number of hydrogen-bond donors (Lipinski definition) is 2. The zero-order valence-corrected chi connectivity index (χ0v) is 11.1. The molecule has 1 amide bonds. The number of carbonyl (C=O) groups excluding carboxylic acids is 1. The van der Waals surface area contributed by atoms with Gasteiger partial charge >= 0.3 is 0 Å². The second-order valence-corrected chi connectivity index (χ2v) is 4.72. The van der Waals surface area contributed by atoms with Crippen molar-refractivity contribution >= 4 is 5.91 Å². The van der Waals surface area contributed by atoms with E-state index in [0.29, 0.717) is 6.54 Å². The molecule has 2 N–H and O–H groups in total. The second kappa shape index (κ2) is 7.86. The summed E-state index contributed by atoms with van der Waals surface area (Å²) in [7, 11) is 0. The number of pyridine rings is 1. The highest BCUT2D eigenvalue weighted by atomic mass is 16.5. The van der Waals surface area contributed by atoms with Gasteiger partial charge in [0, 0.05) is 18.9 Å². The van der Waals surface area contributed by atoms with E-state index in [1.165, 1.54) is 0 Å². The van der Waals surface area contributed by atoms with Gasteiger partial charge in [-0.05, 0) is 44.0 Å². The van der Waals surface area contributed by atoms with Crippen LogP contribution in [0.1, 0.15) is 18.4 Å². The first-order valence-electron chi connectivity index (χ1n) is 6.82. The number of ether oxygens (including phenoxy) is 1. The maximum absolute atomic E-state index is 11.6. The molecule has 1 aromatic heterocycles. The molecule has 0 radical (unpaired) electrons. The van der Waals surface area contributed by atoms with E-state index in [1.54, 1.807) is 6.20 Å². The molecule has 5 nitrogen and oxygen atoms in total. The fourth-order valence-corrected chi connectivity index (χ4v) is 2.10. The minimum absolute atomic E-state index is 0.0394. The van der Waals surface area contributed by atoms with Gasteiger partial charge in [0.15, 0.2) is 0 Å². The first kappa shape index (κ1) is 14.0. The van der Waals surface area contributed by atoms with E-state index in [1.807, 2.05) is 18.3 Å². The molecule has 1 aliphatic rings. The number of hydrogen-bond acceptors (Lipinski definition) is 4. The van der Waals surface area contributed by atoms with Crippen LogP contribution in [0.4, 0.5) is 0 Å². The molecule has 0 aliphatic carbocycles. The molecule has 5 heteroatoms. The highest BCUT2D eigenvalue weighted by Crippen LogP contribution is 2.06. The Balaban J connectivity index is 1.57. The zero-order valence-electron chi connectivity index (χ0n) is 11.1. The lowest BCUT2D eigenvalue weighted by molar-refractivity contribution is -0.128. The van der Waals surface area contributed by atoms with Crippen LogP contribution < -0.4 is 10.6 Å². The van der Waals surface area contributed by atoms with Gasteiger partial charge in [-0.15, -0.1) is 0 Å². The lowest BCUT2D eigenvalue weighted by atomic mass is 10.1. The Hall–Kier alpha value is -1.46. The number of carbonyl (C=O) groups is 1. The van der Waals surface area contributed by atoms with Crippen LogP contribution in [-0.4, -0.2) is 43.2 Å². The minimum Gasteiger partial charge on any atom is -0.368 e. The fourth-order valence-electron chi connectivity index (χ4n) is 2.10. The molecule has 0 bridgehead atoms. The smallest absolute Gasteiger partial charge is 0.246 e. The molecule has 1 aromatic rings. The number of aromatic nitrogens is 1. The van der Waals surface area contributed by atoms with E-state index in [4.69, 9.17) is 4.74 Å². The Bertz CT molecular complexity index is 378. The lowest BCUT2D eigenvalue weighted by Crippen LogP contribution is -2.36. The number of rotatable bonds is 6. The monoisotopic (exact) mass is 263 g/mol. The van der Waals surface area contributed by atoms with Gasteiger partial charge in [-0.25, -0.2) is 0 Å². The second-order valence-electron chi connectivity index (χ2n) is 4.72. The Morgan fingerprint density at radius 1 is 1.47 bits per heavy atom. The average Bonchev–Trinajstić information content (AvgIpc) is 2.47. The topological polar surface area (TPSA) is 63.2 Å². The standard InChI is InChI=1S/C14H21N3O2/c18-14(11-19-13-4-7-15-8-5-13)17-9-3-12-2-1-6-16-10-12/h1-2,6,10,13,15H,3-5,7-9,11H2,(H,17,18). The molecule has 1 saturated heterocycles. The van der Waals surface area contributed by atoms with Gasteiger partial charge in [0.2, 0.25) is 5.91 Å². The molecular weight excluding hydrogens is 242 g/mol. The van der Waals surface area contributed by atoms with Crippen molar-refractivity contribution in [3.05, 3.63) is 30.1 Å². The van der Waals surface area contributed by atoms with Crippen molar-refractivity contribution in [2.24, 2.45) is 0 Å². The van der Waals surface area contributed by atoms with Crippen LogP contribution in [-0.2, 0) is 16.0 Å². The number of amides is 1. The highest BCUT2D eigenvalue weighted by molar-refractivity contribution is 5.77. The molecule has 19 heavy (non-hydrogen) atoms. The SMILES string of the molecule is O=C(COC1CCNCC1)NCCc1cccnc1. The predicted octanol–water partition coefficient (Wildman–Crippen LogP) is 0.509. The van der Waals surface area contributed by atoms with Crippen molar-refractivity contribution in [3.8, 4) is 0 Å². The van der Waals surface area contributed by atoms with Crippen LogP contribution in [0.5, 0.6) is 0 Å². The van der Waals surface area contributed by atoms with Gasteiger partial charge in [0.1, 0.15) is 6.61 Å². The van der Waals surface area contributed by atoms with Crippen molar-refractivity contribution in [2.75, 3.05) is 26.2 Å². The van der Waals surface area contributed by atoms with E-state index in [2.05, 4.69) is 15.6 Å². The Morgan fingerprint density at radius 2 is 2.32 bits per heavy atom. The summed E-state index contributed by atoms with van der Waals surface area (Å²) in [5.74, 6) is -0.0394.